The second-order valence-electron chi connectivity index (χ2n) is 5.94. The molecule has 0 fully saturated rings. The van der Waals surface area contributed by atoms with Gasteiger partial charge in [0.15, 0.2) is 4.34 Å². The Morgan fingerprint density at radius 1 is 1.28 bits per heavy atom. The summed E-state index contributed by atoms with van der Waals surface area (Å²) in [6.07, 6.45) is 5.65. The van der Waals surface area contributed by atoms with Crippen molar-refractivity contribution in [3.8, 4) is 5.75 Å². The number of hydrogen-bond donors (Lipinski definition) is 1. The number of aromatic nitrogens is 4. The predicted molar refractivity (Wildman–Crippen MR) is 115 cm³/mol. The fourth-order valence-corrected chi connectivity index (χ4v) is 4.07. The molecular formula is C20H17N5O2S2. The van der Waals surface area contributed by atoms with E-state index in [1.165, 1.54) is 23.1 Å². The number of carbonyl (C=O) groups excluding carboxylic acids is 1. The van der Waals surface area contributed by atoms with E-state index in [0.717, 1.165) is 21.4 Å². The van der Waals surface area contributed by atoms with E-state index in [4.69, 9.17) is 4.74 Å². The average molecular weight is 424 g/mol. The van der Waals surface area contributed by atoms with Crippen molar-refractivity contribution in [2.75, 3.05) is 11.1 Å². The standard InChI is InChI=1S/C20H17N5O2S2/c1-2-10-28-20-24-23-19(29-20)22-18(26)14-6-5-7-16(11-14)27-13-15-12-25-9-4-3-8-17(25)21-15/h2-9,11-12H,1,10,13H2,(H,22,23,26). The van der Waals surface area contributed by atoms with Gasteiger partial charge < -0.3 is 9.14 Å². The van der Waals surface area contributed by atoms with Crippen LogP contribution in [0.4, 0.5) is 5.13 Å². The van der Waals surface area contributed by atoms with Crippen LogP contribution in [0.1, 0.15) is 16.1 Å². The predicted octanol–water partition coefficient (Wildman–Crippen LogP) is 4.30. The monoisotopic (exact) mass is 423 g/mol. The van der Waals surface area contributed by atoms with Gasteiger partial charge in [0.25, 0.3) is 5.91 Å². The van der Waals surface area contributed by atoms with Crippen LogP contribution in [0.2, 0.25) is 0 Å². The maximum absolute atomic E-state index is 12.5. The maximum atomic E-state index is 12.5. The Bertz CT molecular complexity index is 1120. The van der Waals surface area contributed by atoms with E-state index in [9.17, 15) is 4.79 Å². The van der Waals surface area contributed by atoms with E-state index >= 15 is 0 Å². The summed E-state index contributed by atoms with van der Waals surface area (Å²) in [4.78, 5) is 17.0. The number of carbonyl (C=O) groups is 1. The molecule has 4 rings (SSSR count). The van der Waals surface area contributed by atoms with Crippen LogP contribution in [-0.2, 0) is 6.61 Å². The molecule has 1 aromatic carbocycles. The highest BCUT2D eigenvalue weighted by molar-refractivity contribution is 8.01. The van der Waals surface area contributed by atoms with Gasteiger partial charge in [0, 0.05) is 23.7 Å². The summed E-state index contributed by atoms with van der Waals surface area (Å²) < 4.78 is 8.54. The van der Waals surface area contributed by atoms with Crippen LogP contribution >= 0.6 is 23.1 Å². The molecule has 0 spiro atoms. The van der Waals surface area contributed by atoms with Crippen molar-refractivity contribution in [3.05, 3.63) is 78.8 Å². The number of hydrogen-bond acceptors (Lipinski definition) is 7. The van der Waals surface area contributed by atoms with Gasteiger partial charge in [-0.1, -0.05) is 41.3 Å². The molecule has 0 saturated heterocycles. The smallest absolute Gasteiger partial charge is 0.257 e. The third-order valence-corrected chi connectivity index (χ3v) is 5.82. The van der Waals surface area contributed by atoms with Crippen molar-refractivity contribution in [1.29, 1.82) is 0 Å². The van der Waals surface area contributed by atoms with Crippen molar-refractivity contribution < 1.29 is 9.53 Å². The zero-order valence-corrected chi connectivity index (χ0v) is 16.9. The van der Waals surface area contributed by atoms with Gasteiger partial charge >= 0.3 is 0 Å². The van der Waals surface area contributed by atoms with E-state index in [0.29, 0.717) is 23.1 Å². The first kappa shape index (κ1) is 19.2. The van der Waals surface area contributed by atoms with Gasteiger partial charge in [-0.05, 0) is 30.3 Å². The fraction of sp³-hybridized carbons (Fsp3) is 0.100. The van der Waals surface area contributed by atoms with Gasteiger partial charge in [0.1, 0.15) is 18.0 Å². The molecule has 0 atom stereocenters. The Morgan fingerprint density at radius 3 is 3.07 bits per heavy atom. The normalized spacial score (nSPS) is 10.8. The van der Waals surface area contributed by atoms with Crippen molar-refractivity contribution >= 4 is 39.8 Å². The summed E-state index contributed by atoms with van der Waals surface area (Å²) in [7, 11) is 0. The minimum atomic E-state index is -0.264. The molecule has 0 aliphatic heterocycles. The largest absolute Gasteiger partial charge is 0.487 e. The lowest BCUT2D eigenvalue weighted by atomic mass is 10.2. The molecule has 3 aromatic heterocycles. The molecule has 1 amide bonds. The van der Waals surface area contributed by atoms with Gasteiger partial charge in [-0.15, -0.1) is 16.8 Å². The molecule has 0 bridgehead atoms. The van der Waals surface area contributed by atoms with Crippen molar-refractivity contribution in [2.45, 2.75) is 10.9 Å². The Kier molecular flexibility index (Phi) is 5.87. The highest BCUT2D eigenvalue weighted by atomic mass is 32.2. The Hall–Kier alpha value is -3.17. The summed E-state index contributed by atoms with van der Waals surface area (Å²) >= 11 is 2.85. The van der Waals surface area contributed by atoms with Gasteiger partial charge in [0.05, 0.1) is 5.69 Å². The lowest BCUT2D eigenvalue weighted by molar-refractivity contribution is 0.102. The highest BCUT2D eigenvalue weighted by Crippen LogP contribution is 2.26. The summed E-state index contributed by atoms with van der Waals surface area (Å²) in [6, 6.07) is 12.8. The number of nitrogens with zero attached hydrogens (tertiary/aromatic N) is 4. The third-order valence-electron chi connectivity index (χ3n) is 3.85. The summed E-state index contributed by atoms with van der Waals surface area (Å²) in [5.41, 5.74) is 2.15. The summed E-state index contributed by atoms with van der Waals surface area (Å²) in [5.74, 6) is 1.07. The van der Waals surface area contributed by atoms with E-state index in [-0.39, 0.29) is 5.91 Å². The molecule has 7 nitrogen and oxygen atoms in total. The number of thioether (sulfide) groups is 1. The molecule has 4 aromatic rings. The van der Waals surface area contributed by atoms with E-state index in [1.54, 1.807) is 24.3 Å². The third kappa shape index (κ3) is 4.82. The van der Waals surface area contributed by atoms with Crippen LogP contribution < -0.4 is 10.1 Å². The highest BCUT2D eigenvalue weighted by Gasteiger charge is 2.11. The second kappa shape index (κ2) is 8.89. The number of nitrogens with one attached hydrogen (secondary N) is 1. The van der Waals surface area contributed by atoms with Crippen molar-refractivity contribution in [3.63, 3.8) is 0 Å². The molecular weight excluding hydrogens is 406 g/mol. The molecule has 0 aliphatic rings. The van der Waals surface area contributed by atoms with Crippen LogP contribution in [0.25, 0.3) is 5.65 Å². The molecule has 0 unspecified atom stereocenters. The first-order chi connectivity index (χ1) is 14.2. The fourth-order valence-electron chi connectivity index (χ4n) is 2.56. The van der Waals surface area contributed by atoms with Crippen LogP contribution in [0.3, 0.4) is 0 Å². The van der Waals surface area contributed by atoms with E-state index in [1.807, 2.05) is 41.1 Å². The number of rotatable bonds is 8. The summed E-state index contributed by atoms with van der Waals surface area (Å²) in [5, 5.41) is 11.3. The van der Waals surface area contributed by atoms with Crippen LogP contribution in [0.5, 0.6) is 5.75 Å². The molecule has 9 heteroatoms. The quantitative estimate of drug-likeness (QED) is 0.259. The number of amides is 1. The molecule has 0 radical (unpaired) electrons. The van der Waals surface area contributed by atoms with Crippen LogP contribution in [0, 0.1) is 0 Å². The Labute approximate surface area is 175 Å². The second-order valence-corrected chi connectivity index (χ2v) is 8.19. The SMILES string of the molecule is C=CCSc1nnc(NC(=O)c2cccc(OCc3cn4ccccc4n3)c2)s1. The average Bonchev–Trinajstić information content (AvgIpc) is 3.37. The minimum absolute atomic E-state index is 0.264. The number of imidazole rings is 1. The lowest BCUT2D eigenvalue weighted by Gasteiger charge is -2.06. The molecule has 146 valence electrons. The van der Waals surface area contributed by atoms with Crippen molar-refractivity contribution in [2.24, 2.45) is 0 Å². The molecule has 3 heterocycles. The zero-order valence-electron chi connectivity index (χ0n) is 15.3. The summed E-state index contributed by atoms with van der Waals surface area (Å²) in [6.45, 7) is 3.99. The zero-order chi connectivity index (χ0) is 20.1. The van der Waals surface area contributed by atoms with Crippen LogP contribution in [0.15, 0.2) is 71.9 Å². The number of pyridine rings is 1. The number of benzene rings is 1. The lowest BCUT2D eigenvalue weighted by Crippen LogP contribution is -2.11. The van der Waals surface area contributed by atoms with Gasteiger partial charge in [0.2, 0.25) is 5.13 Å². The maximum Gasteiger partial charge on any atom is 0.257 e. The molecule has 0 saturated carbocycles. The number of fused-ring (bicyclic) bond motifs is 1. The topological polar surface area (TPSA) is 81.4 Å². The van der Waals surface area contributed by atoms with Crippen LogP contribution in [-0.4, -0.2) is 31.2 Å². The van der Waals surface area contributed by atoms with Crippen molar-refractivity contribution in [1.82, 2.24) is 19.6 Å². The molecule has 1 N–H and O–H groups in total. The Morgan fingerprint density at radius 2 is 2.21 bits per heavy atom. The molecule has 29 heavy (non-hydrogen) atoms. The first-order valence-electron chi connectivity index (χ1n) is 8.75. The molecule has 0 aliphatic carbocycles. The van der Waals surface area contributed by atoms with Gasteiger partial charge in [-0.2, -0.15) is 0 Å². The minimum Gasteiger partial charge on any atom is -0.487 e. The van der Waals surface area contributed by atoms with Gasteiger partial charge in [-0.25, -0.2) is 4.98 Å². The van der Waals surface area contributed by atoms with Gasteiger partial charge in [-0.3, -0.25) is 10.1 Å². The van der Waals surface area contributed by atoms with E-state index < -0.39 is 0 Å². The van der Waals surface area contributed by atoms with E-state index in [2.05, 4.69) is 27.1 Å². The number of anilines is 1. The Balaban J connectivity index is 1.39. The number of ether oxygens (including phenoxy) is 1. The first-order valence-corrected chi connectivity index (χ1v) is 10.6.